The largest absolute Gasteiger partial charge is 0.497 e. The highest BCUT2D eigenvalue weighted by atomic mass is 32.2. The Bertz CT molecular complexity index is 1410. The van der Waals surface area contributed by atoms with Crippen LogP contribution in [-0.2, 0) is 26.2 Å². The number of hydrogen-bond acceptors (Lipinski definition) is 6. The highest BCUT2D eigenvalue weighted by molar-refractivity contribution is 7.92. The number of benzene rings is 3. The van der Waals surface area contributed by atoms with E-state index in [0.717, 1.165) is 21.0 Å². The topological polar surface area (TPSA) is 105 Å². The van der Waals surface area contributed by atoms with Gasteiger partial charge in [-0.1, -0.05) is 35.9 Å². The van der Waals surface area contributed by atoms with Crippen LogP contribution in [0.15, 0.2) is 71.6 Å². The number of nitrogens with zero attached hydrogens (tertiary/aromatic N) is 2. The van der Waals surface area contributed by atoms with Crippen molar-refractivity contribution < 1.29 is 27.5 Å². The van der Waals surface area contributed by atoms with E-state index in [9.17, 15) is 18.0 Å². The number of aryl methyl sites for hydroxylation is 2. The third-order valence-corrected chi connectivity index (χ3v) is 8.19. The predicted octanol–water partition coefficient (Wildman–Crippen LogP) is 3.68. The molecule has 0 saturated carbocycles. The second-order valence-electron chi connectivity index (χ2n) is 9.16. The number of methoxy groups -OCH3 is 2. The van der Waals surface area contributed by atoms with Gasteiger partial charge in [-0.25, -0.2) is 8.42 Å². The van der Waals surface area contributed by atoms with Crippen LogP contribution in [-0.4, -0.2) is 59.0 Å². The zero-order chi connectivity index (χ0) is 28.7. The maximum absolute atomic E-state index is 14.0. The molecule has 0 spiro atoms. The van der Waals surface area contributed by atoms with E-state index in [0.29, 0.717) is 11.5 Å². The number of amides is 2. The van der Waals surface area contributed by atoms with Crippen molar-refractivity contribution in [1.29, 1.82) is 0 Å². The fourth-order valence-electron chi connectivity index (χ4n) is 4.06. The smallest absolute Gasteiger partial charge is 0.264 e. The first kappa shape index (κ1) is 29.5. The van der Waals surface area contributed by atoms with Gasteiger partial charge >= 0.3 is 0 Å². The monoisotopic (exact) mass is 553 g/mol. The summed E-state index contributed by atoms with van der Waals surface area (Å²) in [6.07, 6.45) is 0. The summed E-state index contributed by atoms with van der Waals surface area (Å²) in [5.41, 5.74) is 2.66. The Morgan fingerprint density at radius 1 is 0.897 bits per heavy atom. The van der Waals surface area contributed by atoms with Crippen molar-refractivity contribution in [2.75, 3.05) is 32.1 Å². The van der Waals surface area contributed by atoms with E-state index in [-0.39, 0.29) is 23.0 Å². The van der Waals surface area contributed by atoms with Crippen molar-refractivity contribution in [2.24, 2.45) is 0 Å². The molecule has 0 radical (unpaired) electrons. The van der Waals surface area contributed by atoms with Gasteiger partial charge in [-0.05, 0) is 68.3 Å². The number of ether oxygens (including phenoxy) is 2. The molecule has 1 N–H and O–H groups in total. The zero-order valence-corrected chi connectivity index (χ0v) is 23.9. The molecule has 0 aromatic heterocycles. The molecule has 208 valence electrons. The lowest BCUT2D eigenvalue weighted by Crippen LogP contribution is -2.50. The Balaban J connectivity index is 2.09. The van der Waals surface area contributed by atoms with E-state index >= 15 is 0 Å². The highest BCUT2D eigenvalue weighted by Crippen LogP contribution is 2.34. The molecule has 0 aliphatic carbocycles. The van der Waals surface area contributed by atoms with Gasteiger partial charge in [0.1, 0.15) is 24.1 Å². The van der Waals surface area contributed by atoms with Gasteiger partial charge in [0.15, 0.2) is 0 Å². The normalized spacial score (nSPS) is 11.8. The van der Waals surface area contributed by atoms with Crippen LogP contribution >= 0.6 is 0 Å². The molecule has 0 aliphatic rings. The number of likely N-dealkylation sites (N-methyl/N-ethyl adjacent to an activating group) is 1. The van der Waals surface area contributed by atoms with Crippen molar-refractivity contribution in [2.45, 2.75) is 38.3 Å². The molecule has 3 aromatic carbocycles. The molecule has 39 heavy (non-hydrogen) atoms. The van der Waals surface area contributed by atoms with Gasteiger partial charge in [-0.15, -0.1) is 0 Å². The number of carbonyl (C=O) groups excluding carboxylic acids is 2. The van der Waals surface area contributed by atoms with Crippen molar-refractivity contribution in [3.05, 3.63) is 83.4 Å². The van der Waals surface area contributed by atoms with Crippen LogP contribution in [0.5, 0.6) is 11.5 Å². The third-order valence-electron chi connectivity index (χ3n) is 6.42. The molecule has 0 bridgehead atoms. The summed E-state index contributed by atoms with van der Waals surface area (Å²) < 4.78 is 39.7. The lowest BCUT2D eigenvalue weighted by Gasteiger charge is -2.32. The maximum atomic E-state index is 14.0. The molecule has 10 heteroatoms. The fourth-order valence-corrected chi connectivity index (χ4v) is 5.48. The molecule has 9 nitrogen and oxygen atoms in total. The van der Waals surface area contributed by atoms with Crippen LogP contribution in [0.3, 0.4) is 0 Å². The molecule has 1 atom stereocenters. The van der Waals surface area contributed by atoms with E-state index < -0.39 is 28.5 Å². The predicted molar refractivity (Wildman–Crippen MR) is 151 cm³/mol. The van der Waals surface area contributed by atoms with Gasteiger partial charge in [0.2, 0.25) is 11.8 Å². The fraction of sp³-hybridized carbons (Fsp3) is 0.310. The molecule has 0 aliphatic heterocycles. The molecular weight excluding hydrogens is 518 g/mol. The number of anilines is 1. The van der Waals surface area contributed by atoms with Crippen LogP contribution in [0.1, 0.15) is 23.6 Å². The second kappa shape index (κ2) is 12.7. The summed E-state index contributed by atoms with van der Waals surface area (Å²) >= 11 is 0. The van der Waals surface area contributed by atoms with Crippen LogP contribution in [0.2, 0.25) is 0 Å². The molecule has 0 heterocycles. The van der Waals surface area contributed by atoms with Gasteiger partial charge < -0.3 is 19.7 Å². The van der Waals surface area contributed by atoms with E-state index in [4.69, 9.17) is 9.47 Å². The molecule has 0 unspecified atom stereocenters. The van der Waals surface area contributed by atoms with Gasteiger partial charge in [-0.2, -0.15) is 0 Å². The van der Waals surface area contributed by atoms with Gasteiger partial charge in [0.25, 0.3) is 10.0 Å². The second-order valence-corrected chi connectivity index (χ2v) is 11.0. The molecule has 0 fully saturated rings. The van der Waals surface area contributed by atoms with Crippen molar-refractivity contribution >= 4 is 27.5 Å². The van der Waals surface area contributed by atoms with E-state index in [2.05, 4.69) is 5.32 Å². The summed E-state index contributed by atoms with van der Waals surface area (Å²) in [5, 5.41) is 2.57. The summed E-state index contributed by atoms with van der Waals surface area (Å²) in [7, 11) is 0.291. The van der Waals surface area contributed by atoms with E-state index in [1.807, 2.05) is 13.8 Å². The summed E-state index contributed by atoms with van der Waals surface area (Å²) in [6.45, 7) is 4.82. The Morgan fingerprint density at radius 2 is 1.51 bits per heavy atom. The average Bonchev–Trinajstić information content (AvgIpc) is 2.94. The quantitative estimate of drug-likeness (QED) is 0.389. The van der Waals surface area contributed by atoms with E-state index in [1.165, 1.54) is 31.2 Å². The average molecular weight is 554 g/mol. The highest BCUT2D eigenvalue weighted by Gasteiger charge is 2.33. The minimum absolute atomic E-state index is 0.0329. The SMILES string of the molecule is CNC(=O)[C@H](C)N(Cc1ccc(OC)cc1)C(=O)CN(c1cc(C)ccc1OC)S(=O)(=O)c1ccc(C)cc1. The third kappa shape index (κ3) is 6.88. The summed E-state index contributed by atoms with van der Waals surface area (Å²) in [5.74, 6) is 0.0159. The van der Waals surface area contributed by atoms with Crippen molar-refractivity contribution in [1.82, 2.24) is 10.2 Å². The van der Waals surface area contributed by atoms with Crippen molar-refractivity contribution in [3.63, 3.8) is 0 Å². The standard InChI is InChI=1S/C29H35N3O6S/c1-20-7-14-25(15-8-20)39(35,36)32(26-17-21(2)9-16-27(26)38-6)19-28(33)31(22(3)29(34)30-4)18-23-10-12-24(37-5)13-11-23/h7-17,22H,18-19H2,1-6H3,(H,30,34)/t22-/m0/s1. The molecule has 3 rings (SSSR count). The van der Waals surface area contributed by atoms with E-state index in [1.54, 1.807) is 68.6 Å². The van der Waals surface area contributed by atoms with Crippen LogP contribution in [0.25, 0.3) is 0 Å². The maximum Gasteiger partial charge on any atom is 0.264 e. The molecule has 2 amide bonds. The Hall–Kier alpha value is -4.05. The minimum atomic E-state index is -4.19. The van der Waals surface area contributed by atoms with Gasteiger partial charge in [0, 0.05) is 13.6 Å². The van der Waals surface area contributed by atoms with Gasteiger partial charge in [-0.3, -0.25) is 13.9 Å². The van der Waals surface area contributed by atoms with Crippen LogP contribution in [0, 0.1) is 13.8 Å². The number of hydrogen-bond donors (Lipinski definition) is 1. The first-order valence-electron chi connectivity index (χ1n) is 12.4. The Kier molecular flexibility index (Phi) is 9.58. The van der Waals surface area contributed by atoms with Crippen molar-refractivity contribution in [3.8, 4) is 11.5 Å². The minimum Gasteiger partial charge on any atom is -0.497 e. The zero-order valence-electron chi connectivity index (χ0n) is 23.1. The number of nitrogens with one attached hydrogen (secondary N) is 1. The Morgan fingerprint density at radius 3 is 2.08 bits per heavy atom. The molecule has 3 aromatic rings. The summed E-state index contributed by atoms with van der Waals surface area (Å²) in [6, 6.07) is 17.8. The summed E-state index contributed by atoms with van der Waals surface area (Å²) in [4.78, 5) is 27.9. The van der Waals surface area contributed by atoms with Crippen LogP contribution in [0.4, 0.5) is 5.69 Å². The first-order chi connectivity index (χ1) is 18.5. The van der Waals surface area contributed by atoms with Crippen LogP contribution < -0.4 is 19.1 Å². The lowest BCUT2D eigenvalue weighted by atomic mass is 10.1. The Labute approximate surface area is 230 Å². The first-order valence-corrected chi connectivity index (χ1v) is 13.8. The number of carbonyl (C=O) groups is 2. The number of rotatable bonds is 11. The number of sulfonamides is 1. The van der Waals surface area contributed by atoms with Gasteiger partial charge in [0.05, 0.1) is 24.8 Å². The molecule has 0 saturated heterocycles. The lowest BCUT2D eigenvalue weighted by molar-refractivity contribution is -0.139. The molecular formula is C29H35N3O6S.